The van der Waals surface area contributed by atoms with Crippen LogP contribution in [0.4, 0.5) is 5.69 Å². The van der Waals surface area contributed by atoms with E-state index in [1.165, 1.54) is 0 Å². The maximum absolute atomic E-state index is 15.1. The lowest BCUT2D eigenvalue weighted by Gasteiger charge is -2.38. The zero-order valence-electron chi connectivity index (χ0n) is 24.1. The molecule has 7 nitrogen and oxygen atoms in total. The van der Waals surface area contributed by atoms with Crippen molar-refractivity contribution < 1.29 is 23.9 Å². The van der Waals surface area contributed by atoms with Gasteiger partial charge in [0.1, 0.15) is 29.6 Å². The number of methoxy groups -OCH3 is 1. The Morgan fingerprint density at radius 2 is 1.66 bits per heavy atom. The summed E-state index contributed by atoms with van der Waals surface area (Å²) in [6, 6.07) is 27.5. The largest absolute Gasteiger partial charge is 0.497 e. The second-order valence-electron chi connectivity index (χ2n) is 11.1. The fraction of sp³-hybridized carbons (Fsp3) is 0.162. The van der Waals surface area contributed by atoms with Crippen molar-refractivity contribution in [1.29, 1.82) is 0 Å². The molecule has 4 aromatic carbocycles. The van der Waals surface area contributed by atoms with Gasteiger partial charge in [0.15, 0.2) is 11.6 Å². The van der Waals surface area contributed by atoms with Gasteiger partial charge in [0.2, 0.25) is 5.91 Å². The average molecular weight is 583 g/mol. The number of hydrogen-bond acceptors (Lipinski definition) is 6. The smallest absolute Gasteiger partial charge is 0.238 e. The Kier molecular flexibility index (Phi) is 6.66. The van der Waals surface area contributed by atoms with Gasteiger partial charge in [-0.15, -0.1) is 0 Å². The third-order valence-corrected chi connectivity index (χ3v) is 9.01. The first-order valence-corrected chi connectivity index (χ1v) is 14.5. The molecule has 1 fully saturated rings. The van der Waals surface area contributed by atoms with Crippen LogP contribution < -0.4 is 14.8 Å². The van der Waals surface area contributed by atoms with Gasteiger partial charge in [-0.3, -0.25) is 14.4 Å². The van der Waals surface area contributed by atoms with Crippen LogP contribution in [0.15, 0.2) is 116 Å². The number of fused-ring (bicyclic) bond motifs is 6. The minimum atomic E-state index is -1.42. The summed E-state index contributed by atoms with van der Waals surface area (Å²) < 4.78 is 11.3. The number of carbonyl (C=O) groups is 3. The first-order valence-electron chi connectivity index (χ1n) is 14.5. The highest BCUT2D eigenvalue weighted by atomic mass is 16.5. The lowest BCUT2D eigenvalue weighted by Crippen LogP contribution is -2.49. The number of para-hydroxylation sites is 2. The van der Waals surface area contributed by atoms with Crippen LogP contribution in [-0.4, -0.2) is 42.1 Å². The van der Waals surface area contributed by atoms with Gasteiger partial charge < -0.3 is 19.7 Å². The van der Waals surface area contributed by atoms with E-state index in [1.54, 1.807) is 61.7 Å². The van der Waals surface area contributed by atoms with E-state index in [9.17, 15) is 9.59 Å². The van der Waals surface area contributed by atoms with E-state index in [0.717, 1.165) is 11.1 Å². The number of hydrogen-bond donors (Lipinski definition) is 1. The molecule has 4 atom stereocenters. The van der Waals surface area contributed by atoms with E-state index < -0.39 is 23.4 Å². The van der Waals surface area contributed by atoms with Crippen LogP contribution in [0, 0.1) is 5.92 Å². The van der Waals surface area contributed by atoms with Gasteiger partial charge in [0.25, 0.3) is 0 Å². The zero-order valence-corrected chi connectivity index (χ0v) is 24.1. The first-order chi connectivity index (χ1) is 21.5. The molecule has 44 heavy (non-hydrogen) atoms. The molecule has 0 saturated carbocycles. The van der Waals surface area contributed by atoms with Crippen molar-refractivity contribution in [2.45, 2.75) is 17.5 Å². The predicted octanol–water partition coefficient (Wildman–Crippen LogP) is 6.24. The maximum atomic E-state index is 15.1. The Morgan fingerprint density at radius 1 is 0.932 bits per heavy atom. The van der Waals surface area contributed by atoms with Crippen LogP contribution in [0.3, 0.4) is 0 Å². The molecular weight excluding hydrogens is 552 g/mol. The Labute approximate surface area is 255 Å². The number of nitrogens with zero attached hydrogens (tertiary/aromatic N) is 1. The molecule has 218 valence electrons. The average Bonchev–Trinajstić information content (AvgIpc) is 3.55. The number of ether oxygens (including phenoxy) is 2. The minimum absolute atomic E-state index is 0.197. The van der Waals surface area contributed by atoms with Gasteiger partial charge in [0.05, 0.1) is 24.6 Å². The highest BCUT2D eigenvalue weighted by Gasteiger charge is 2.70. The molecule has 0 unspecified atom stereocenters. The molecule has 7 heteroatoms. The zero-order chi connectivity index (χ0) is 30.4. The highest BCUT2D eigenvalue weighted by Crippen LogP contribution is 2.62. The molecule has 0 aromatic heterocycles. The summed E-state index contributed by atoms with van der Waals surface area (Å²) >= 11 is 0. The molecule has 1 saturated heterocycles. The molecule has 3 heterocycles. The Hall–Kier alpha value is -5.43. The molecule has 3 aliphatic heterocycles. The van der Waals surface area contributed by atoms with E-state index in [1.807, 2.05) is 65.7 Å². The highest BCUT2D eigenvalue weighted by molar-refractivity contribution is 6.17. The van der Waals surface area contributed by atoms with E-state index in [2.05, 4.69) is 11.9 Å². The van der Waals surface area contributed by atoms with E-state index in [4.69, 9.17) is 9.47 Å². The van der Waals surface area contributed by atoms with E-state index in [0.29, 0.717) is 33.9 Å². The molecule has 7 rings (SSSR count). The number of nitrogens with one attached hydrogen (secondary N) is 1. The fourth-order valence-electron chi connectivity index (χ4n) is 7.21. The molecule has 0 aliphatic carbocycles. The minimum Gasteiger partial charge on any atom is -0.497 e. The molecule has 3 aliphatic rings. The van der Waals surface area contributed by atoms with E-state index in [-0.39, 0.29) is 24.1 Å². The van der Waals surface area contributed by atoms with Crippen molar-refractivity contribution in [2.75, 3.05) is 19.0 Å². The first kappa shape index (κ1) is 27.4. The van der Waals surface area contributed by atoms with Gasteiger partial charge >= 0.3 is 0 Å². The van der Waals surface area contributed by atoms with Gasteiger partial charge in [-0.05, 0) is 65.2 Å². The Morgan fingerprint density at radius 3 is 2.45 bits per heavy atom. The Balaban J connectivity index is 1.51. The van der Waals surface area contributed by atoms with Crippen molar-refractivity contribution in [3.8, 4) is 11.5 Å². The number of amides is 1. The number of Topliss-reactive ketones (excluding diaryl/α,β-unsaturated/α-hetero) is 2. The van der Waals surface area contributed by atoms with Crippen molar-refractivity contribution in [2.24, 2.45) is 5.92 Å². The number of anilines is 1. The van der Waals surface area contributed by atoms with Crippen LogP contribution in [0.2, 0.25) is 0 Å². The predicted molar refractivity (Wildman–Crippen MR) is 168 cm³/mol. The summed E-state index contributed by atoms with van der Waals surface area (Å²) in [5, 5.41) is 3.08. The Bertz CT molecular complexity index is 1840. The van der Waals surface area contributed by atoms with Crippen LogP contribution in [0.25, 0.3) is 6.08 Å². The number of rotatable bonds is 8. The molecule has 4 aromatic rings. The van der Waals surface area contributed by atoms with Crippen molar-refractivity contribution in [1.82, 2.24) is 4.90 Å². The van der Waals surface area contributed by atoms with Crippen LogP contribution in [0.5, 0.6) is 11.5 Å². The normalized spacial score (nSPS) is 22.5. The number of carbonyl (C=O) groups excluding carboxylic acids is 3. The quantitative estimate of drug-likeness (QED) is 0.196. The van der Waals surface area contributed by atoms with E-state index >= 15 is 4.79 Å². The fourth-order valence-corrected chi connectivity index (χ4v) is 7.21. The lowest BCUT2D eigenvalue weighted by atomic mass is 9.62. The lowest BCUT2D eigenvalue weighted by molar-refractivity contribution is -0.122. The summed E-state index contributed by atoms with van der Waals surface area (Å²) in [5.41, 5.74) is 2.44. The molecule has 1 amide bonds. The van der Waals surface area contributed by atoms with Gasteiger partial charge in [-0.1, -0.05) is 67.3 Å². The van der Waals surface area contributed by atoms with Gasteiger partial charge in [-0.2, -0.15) is 0 Å². The number of benzene rings is 4. The van der Waals surface area contributed by atoms with Crippen molar-refractivity contribution in [3.05, 3.63) is 144 Å². The molecule has 0 bridgehead atoms. The number of ketones is 2. The second-order valence-corrected chi connectivity index (χ2v) is 11.1. The van der Waals surface area contributed by atoms with Gasteiger partial charge in [0, 0.05) is 17.5 Å². The third kappa shape index (κ3) is 3.93. The summed E-state index contributed by atoms with van der Waals surface area (Å²) in [5.74, 6) is -1.04. The molecule has 0 radical (unpaired) electrons. The summed E-state index contributed by atoms with van der Waals surface area (Å²) in [6.45, 7) is 3.94. The summed E-state index contributed by atoms with van der Waals surface area (Å²) in [4.78, 5) is 46.4. The standard InChI is InChI=1S/C37H30N2O5/c1-3-22-44-30-15-9-6-12-27(30)34(41)31-32(33(40)24-16-18-25(43-2)19-17-24)39-21-20-23-10-4-5-11-26(23)35(39)37(31)28-13-7-8-14-29(28)38-36(37)42/h3-21,31-32,35H,1,22H2,2H3,(H,38,42)/t31-,32+,35+,37-/m0/s1. The molecule has 1 N–H and O–H groups in total. The van der Waals surface area contributed by atoms with Crippen LogP contribution in [0.1, 0.15) is 43.4 Å². The van der Waals surface area contributed by atoms with Crippen LogP contribution in [-0.2, 0) is 10.2 Å². The van der Waals surface area contributed by atoms with Crippen LogP contribution >= 0.6 is 0 Å². The van der Waals surface area contributed by atoms with Gasteiger partial charge in [-0.25, -0.2) is 0 Å². The third-order valence-electron chi connectivity index (χ3n) is 9.01. The van der Waals surface area contributed by atoms with Crippen molar-refractivity contribution in [3.63, 3.8) is 0 Å². The summed E-state index contributed by atoms with van der Waals surface area (Å²) in [6.07, 6.45) is 5.42. The molecule has 1 spiro atoms. The van der Waals surface area contributed by atoms with Crippen molar-refractivity contribution >= 4 is 29.2 Å². The summed E-state index contributed by atoms with van der Waals surface area (Å²) in [7, 11) is 1.56. The second kappa shape index (κ2) is 10.7. The molecular formula is C37H30N2O5. The SMILES string of the molecule is C=CCOc1ccccc1C(=O)[C@@H]1[C@H](C(=O)c2ccc(OC)cc2)N2C=Cc3ccccc3[C@@H]2[C@@]12C(=O)Nc1ccccc12. The maximum Gasteiger partial charge on any atom is 0.238 e. The monoisotopic (exact) mass is 582 g/mol. The topological polar surface area (TPSA) is 84.9 Å².